The first-order valence-electron chi connectivity index (χ1n) is 12.6. The molecule has 9 nitrogen and oxygen atoms in total. The first-order valence-corrected chi connectivity index (χ1v) is 12.6. The third kappa shape index (κ3) is 4.66. The van der Waals surface area contributed by atoms with Gasteiger partial charge in [0.05, 0.1) is 18.9 Å². The second kappa shape index (κ2) is 10.2. The minimum Gasteiger partial charge on any atom is -0.496 e. The number of hydrogen-bond donors (Lipinski definition) is 4. The van der Waals surface area contributed by atoms with E-state index in [0.717, 1.165) is 27.6 Å². The zero-order valence-electron chi connectivity index (χ0n) is 21.0. The van der Waals surface area contributed by atoms with Crippen LogP contribution in [0.3, 0.4) is 0 Å². The molecule has 192 valence electrons. The van der Waals surface area contributed by atoms with Gasteiger partial charge in [-0.2, -0.15) is 5.26 Å². The number of hydrogen-bond acceptors (Lipinski definition) is 6. The third-order valence-electron chi connectivity index (χ3n) is 7.55. The van der Waals surface area contributed by atoms with Crippen molar-refractivity contribution < 1.29 is 19.4 Å². The molecule has 2 aliphatic rings. The molecule has 3 heterocycles. The zero-order chi connectivity index (χ0) is 26.1. The van der Waals surface area contributed by atoms with Gasteiger partial charge in [-0.3, -0.25) is 14.5 Å². The Labute approximate surface area is 215 Å². The predicted octanol–water partition coefficient (Wildman–Crippen LogP) is 2.61. The average molecular weight is 502 g/mol. The number of carbonyl (C=O) groups excluding carboxylic acids is 2. The van der Waals surface area contributed by atoms with Gasteiger partial charge in [0.1, 0.15) is 24.1 Å². The van der Waals surface area contributed by atoms with Crippen LogP contribution in [0.15, 0.2) is 42.5 Å². The van der Waals surface area contributed by atoms with Crippen LogP contribution in [0.1, 0.15) is 47.5 Å². The molecule has 37 heavy (non-hydrogen) atoms. The molecule has 0 radical (unpaired) electrons. The summed E-state index contributed by atoms with van der Waals surface area (Å²) < 4.78 is 5.46. The van der Waals surface area contributed by atoms with Gasteiger partial charge in [-0.15, -0.1) is 0 Å². The molecular weight excluding hydrogens is 470 g/mol. The number of aliphatic hydroxyl groups is 1. The summed E-state index contributed by atoms with van der Waals surface area (Å²) in [5.74, 6) is -0.0635. The van der Waals surface area contributed by atoms with Crippen LogP contribution < -0.4 is 15.4 Å². The van der Waals surface area contributed by atoms with Crippen molar-refractivity contribution in [2.24, 2.45) is 5.92 Å². The van der Waals surface area contributed by atoms with E-state index in [2.05, 4.69) is 21.7 Å². The summed E-state index contributed by atoms with van der Waals surface area (Å²) in [6.45, 7) is 3.05. The Morgan fingerprint density at radius 3 is 2.86 bits per heavy atom. The number of amides is 2. The minimum atomic E-state index is -1.09. The van der Waals surface area contributed by atoms with Crippen LogP contribution in [0.5, 0.6) is 5.75 Å². The van der Waals surface area contributed by atoms with Gasteiger partial charge < -0.3 is 25.5 Å². The lowest BCUT2D eigenvalue weighted by Crippen LogP contribution is -2.48. The number of aromatic amines is 1. The summed E-state index contributed by atoms with van der Waals surface area (Å²) in [4.78, 5) is 30.8. The summed E-state index contributed by atoms with van der Waals surface area (Å²) in [6.07, 6.45) is 0.484. The average Bonchev–Trinajstić information content (AvgIpc) is 3.53. The fraction of sp³-hybridized carbons (Fsp3) is 0.393. The number of rotatable bonds is 7. The highest BCUT2D eigenvalue weighted by atomic mass is 16.5. The second-order valence-corrected chi connectivity index (χ2v) is 9.76. The van der Waals surface area contributed by atoms with Gasteiger partial charge in [-0.05, 0) is 61.1 Å². The van der Waals surface area contributed by atoms with Crippen LogP contribution in [-0.2, 0) is 16.0 Å². The Bertz CT molecular complexity index is 1380. The summed E-state index contributed by atoms with van der Waals surface area (Å²) in [5.41, 5.74) is 4.34. The lowest BCUT2D eigenvalue weighted by atomic mass is 9.88. The van der Waals surface area contributed by atoms with Crippen molar-refractivity contribution in [1.82, 2.24) is 20.5 Å². The maximum atomic E-state index is 13.8. The number of nitrogens with zero attached hydrogens (tertiary/aromatic N) is 2. The van der Waals surface area contributed by atoms with E-state index < -0.39 is 18.3 Å². The highest BCUT2D eigenvalue weighted by Crippen LogP contribution is 2.38. The molecule has 1 fully saturated rings. The quantitative estimate of drug-likeness (QED) is 0.394. The second-order valence-electron chi connectivity index (χ2n) is 9.76. The Kier molecular flexibility index (Phi) is 6.87. The largest absolute Gasteiger partial charge is 0.496 e. The first kappa shape index (κ1) is 24.8. The van der Waals surface area contributed by atoms with Gasteiger partial charge in [0.25, 0.3) is 0 Å². The standard InChI is InChI=1S/C28H31N5O4/c1-16-5-3-6-20-19(16)10-12-33(28(36)23-14-21-22(32-23)7-4-8-24(21)37-2)25(20)27(35)31-18(15-29)13-17-9-11-30-26(17)34/h3-8,14,17-18,25,28,32,36H,9-13H2,1-2H3,(H,30,34)(H,31,35)/t17-,18-,25+,28?/m0/s1. The van der Waals surface area contributed by atoms with E-state index in [4.69, 9.17) is 4.74 Å². The van der Waals surface area contributed by atoms with Crippen molar-refractivity contribution in [2.45, 2.75) is 44.5 Å². The number of nitriles is 1. The molecule has 0 spiro atoms. The number of aliphatic hydroxyl groups excluding tert-OH is 1. The van der Waals surface area contributed by atoms with Gasteiger partial charge in [0, 0.05) is 29.9 Å². The number of aromatic nitrogens is 1. The monoisotopic (exact) mass is 501 g/mol. The fourth-order valence-corrected chi connectivity index (χ4v) is 5.62. The molecule has 0 saturated carbocycles. The Morgan fingerprint density at radius 1 is 1.32 bits per heavy atom. The first-order chi connectivity index (χ1) is 17.9. The van der Waals surface area contributed by atoms with E-state index in [1.165, 1.54) is 0 Å². The van der Waals surface area contributed by atoms with Crippen molar-refractivity contribution in [1.29, 1.82) is 5.26 Å². The molecule has 1 saturated heterocycles. The number of H-pyrrole nitrogens is 1. The van der Waals surface area contributed by atoms with Crippen molar-refractivity contribution >= 4 is 22.7 Å². The van der Waals surface area contributed by atoms with E-state index in [0.29, 0.717) is 37.4 Å². The number of nitrogens with one attached hydrogen (secondary N) is 3. The van der Waals surface area contributed by atoms with Crippen LogP contribution in [-0.4, -0.2) is 53.0 Å². The predicted molar refractivity (Wildman–Crippen MR) is 137 cm³/mol. The Morgan fingerprint density at radius 2 is 2.14 bits per heavy atom. The third-order valence-corrected chi connectivity index (χ3v) is 7.55. The van der Waals surface area contributed by atoms with Gasteiger partial charge >= 0.3 is 0 Å². The zero-order valence-corrected chi connectivity index (χ0v) is 21.0. The molecular formula is C28H31N5O4. The van der Waals surface area contributed by atoms with Crippen LogP contribution in [0.25, 0.3) is 10.9 Å². The maximum Gasteiger partial charge on any atom is 0.243 e. The lowest BCUT2D eigenvalue weighted by Gasteiger charge is -2.39. The Balaban J connectivity index is 1.46. The SMILES string of the molecule is COc1cccc2[nH]c(C(O)N3CCc4c(C)cccc4[C@@H]3C(=O)N[C@H](C#N)C[C@@H]3CCNC3=O)cc12. The molecule has 2 amide bonds. The van der Waals surface area contributed by atoms with Gasteiger partial charge in [-0.1, -0.05) is 24.3 Å². The number of benzene rings is 2. The highest BCUT2D eigenvalue weighted by molar-refractivity contribution is 5.87. The summed E-state index contributed by atoms with van der Waals surface area (Å²) in [5, 5.41) is 27.8. The highest BCUT2D eigenvalue weighted by Gasteiger charge is 2.39. The summed E-state index contributed by atoms with van der Waals surface area (Å²) >= 11 is 0. The number of carbonyl (C=O) groups is 2. The molecule has 9 heteroatoms. The molecule has 0 aliphatic carbocycles. The molecule has 5 rings (SSSR count). The van der Waals surface area contributed by atoms with Crippen molar-refractivity contribution in [3.8, 4) is 11.8 Å². The van der Waals surface area contributed by atoms with Crippen molar-refractivity contribution in [2.75, 3.05) is 20.2 Å². The number of methoxy groups -OCH3 is 1. The van der Waals surface area contributed by atoms with E-state index in [1.54, 1.807) is 12.0 Å². The number of aryl methyl sites for hydroxylation is 1. The van der Waals surface area contributed by atoms with Crippen LogP contribution >= 0.6 is 0 Å². The molecule has 1 aromatic heterocycles. The Hall–Kier alpha value is -3.87. The topological polar surface area (TPSA) is 130 Å². The normalized spacial score (nSPS) is 21.1. The summed E-state index contributed by atoms with van der Waals surface area (Å²) in [6, 6.07) is 13.8. The summed E-state index contributed by atoms with van der Waals surface area (Å²) in [7, 11) is 1.60. The molecule has 3 aromatic rings. The van der Waals surface area contributed by atoms with E-state index in [1.807, 2.05) is 49.4 Å². The maximum absolute atomic E-state index is 13.8. The molecule has 2 aromatic carbocycles. The van der Waals surface area contributed by atoms with Crippen LogP contribution in [0, 0.1) is 24.2 Å². The fourth-order valence-electron chi connectivity index (χ4n) is 5.62. The van der Waals surface area contributed by atoms with Crippen molar-refractivity contribution in [3.63, 3.8) is 0 Å². The molecule has 4 atom stereocenters. The molecule has 4 N–H and O–H groups in total. The smallest absolute Gasteiger partial charge is 0.243 e. The van der Waals surface area contributed by atoms with E-state index in [9.17, 15) is 20.0 Å². The van der Waals surface area contributed by atoms with Gasteiger partial charge in [-0.25, -0.2) is 0 Å². The minimum absolute atomic E-state index is 0.0839. The van der Waals surface area contributed by atoms with Crippen molar-refractivity contribution in [3.05, 3.63) is 64.8 Å². The lowest BCUT2D eigenvalue weighted by molar-refractivity contribution is -0.134. The van der Waals surface area contributed by atoms with Crippen LogP contribution in [0.4, 0.5) is 0 Å². The van der Waals surface area contributed by atoms with E-state index >= 15 is 0 Å². The van der Waals surface area contributed by atoms with Gasteiger partial charge in [0.2, 0.25) is 11.8 Å². The molecule has 2 aliphatic heterocycles. The number of fused-ring (bicyclic) bond motifs is 2. The molecule has 0 bridgehead atoms. The van der Waals surface area contributed by atoms with Crippen LogP contribution in [0.2, 0.25) is 0 Å². The molecule has 1 unspecified atom stereocenters. The number of ether oxygens (including phenoxy) is 1. The van der Waals surface area contributed by atoms with Gasteiger partial charge in [0.15, 0.2) is 0 Å². The van der Waals surface area contributed by atoms with E-state index in [-0.39, 0.29) is 24.2 Å².